The number of carboxylic acids is 1. The summed E-state index contributed by atoms with van der Waals surface area (Å²) in [5.41, 5.74) is 1.18. The van der Waals surface area contributed by atoms with Gasteiger partial charge < -0.3 is 5.11 Å². The van der Waals surface area contributed by atoms with E-state index in [1.165, 1.54) is 0 Å². The molecule has 0 aliphatic carbocycles. The molecule has 0 aliphatic heterocycles. The zero-order valence-corrected chi connectivity index (χ0v) is 10.2. The molecule has 0 fully saturated rings. The molecule has 0 aliphatic rings. The van der Waals surface area contributed by atoms with Crippen molar-refractivity contribution in [1.82, 2.24) is 0 Å². The van der Waals surface area contributed by atoms with Crippen molar-refractivity contribution in [1.29, 1.82) is 0 Å². The lowest BCUT2D eigenvalue weighted by molar-refractivity contribution is -0.142. The van der Waals surface area contributed by atoms with E-state index in [1.54, 1.807) is 13.8 Å². The van der Waals surface area contributed by atoms with Gasteiger partial charge in [-0.3, -0.25) is 4.79 Å². The predicted octanol–water partition coefficient (Wildman–Crippen LogP) is 3.38. The fourth-order valence-corrected chi connectivity index (χ4v) is 1.09. The number of rotatable bonds is 2. The largest absolute Gasteiger partial charge is 0.481 e. The zero-order chi connectivity index (χ0) is 12.1. The molecule has 0 heterocycles. The van der Waals surface area contributed by atoms with Crippen molar-refractivity contribution >= 4 is 5.97 Å². The van der Waals surface area contributed by atoms with E-state index >= 15 is 0 Å². The molecule has 0 atom stereocenters. The summed E-state index contributed by atoms with van der Waals surface area (Å²) < 4.78 is 0. The van der Waals surface area contributed by atoms with E-state index in [4.69, 9.17) is 5.11 Å². The first-order valence-electron chi connectivity index (χ1n) is 5.25. The van der Waals surface area contributed by atoms with Gasteiger partial charge in [0.1, 0.15) is 0 Å². The second kappa shape index (κ2) is 5.54. The van der Waals surface area contributed by atoms with Crippen LogP contribution in [0.15, 0.2) is 24.3 Å². The molecule has 0 unspecified atom stereocenters. The fourth-order valence-electron chi connectivity index (χ4n) is 1.09. The highest BCUT2D eigenvalue weighted by atomic mass is 16.4. The third-order valence-corrected chi connectivity index (χ3v) is 2.31. The number of carboxylic acid groups (broad SMARTS) is 1. The van der Waals surface area contributed by atoms with E-state index < -0.39 is 11.4 Å². The molecule has 1 rings (SSSR count). The molecular weight excluding hydrogens is 188 g/mol. The molecule has 0 saturated heterocycles. The van der Waals surface area contributed by atoms with Crippen LogP contribution in [0.5, 0.6) is 0 Å². The van der Waals surface area contributed by atoms with Crippen molar-refractivity contribution in [3.63, 3.8) is 0 Å². The van der Waals surface area contributed by atoms with Crippen LogP contribution in [-0.4, -0.2) is 11.1 Å². The molecule has 1 aromatic carbocycles. The van der Waals surface area contributed by atoms with Gasteiger partial charge in [0.05, 0.1) is 5.41 Å². The average Bonchev–Trinajstić information content (AvgIpc) is 2.21. The molecule has 0 spiro atoms. The van der Waals surface area contributed by atoms with Crippen LogP contribution in [0, 0.1) is 6.92 Å². The van der Waals surface area contributed by atoms with Crippen LogP contribution < -0.4 is 0 Å². The first kappa shape index (κ1) is 13.7. The van der Waals surface area contributed by atoms with E-state index in [0.29, 0.717) is 0 Å². The van der Waals surface area contributed by atoms with Gasteiger partial charge >= 0.3 is 5.97 Å². The normalized spacial score (nSPS) is 10.2. The summed E-state index contributed by atoms with van der Waals surface area (Å²) in [6.45, 7) is 9.40. The molecule has 0 radical (unpaired) electrons. The lowest BCUT2D eigenvalue weighted by Crippen LogP contribution is -2.28. The Kier molecular flexibility index (Phi) is 5.06. The lowest BCUT2D eigenvalue weighted by atomic mass is 9.84. The summed E-state index contributed by atoms with van der Waals surface area (Å²) in [6, 6.07) is 7.59. The van der Waals surface area contributed by atoms with Gasteiger partial charge in [-0.1, -0.05) is 43.7 Å². The van der Waals surface area contributed by atoms with Gasteiger partial charge in [-0.15, -0.1) is 0 Å². The molecule has 2 nitrogen and oxygen atoms in total. The van der Waals surface area contributed by atoms with Crippen LogP contribution in [0.25, 0.3) is 0 Å². The van der Waals surface area contributed by atoms with Gasteiger partial charge in [0.15, 0.2) is 0 Å². The van der Waals surface area contributed by atoms with Crippen molar-refractivity contribution in [2.75, 3.05) is 0 Å². The second-order valence-corrected chi connectivity index (χ2v) is 3.80. The minimum Gasteiger partial charge on any atom is -0.481 e. The molecule has 1 N–H and O–H groups in total. The van der Waals surface area contributed by atoms with Gasteiger partial charge in [-0.2, -0.15) is 0 Å². The highest BCUT2D eigenvalue weighted by Gasteiger charge is 2.28. The van der Waals surface area contributed by atoms with Crippen molar-refractivity contribution < 1.29 is 9.90 Å². The average molecular weight is 208 g/mol. The van der Waals surface area contributed by atoms with Crippen molar-refractivity contribution in [3.8, 4) is 0 Å². The SMILES string of the molecule is CC.Cc1ccc(C(C)(C)C(=O)O)cc1. The smallest absolute Gasteiger partial charge is 0.313 e. The van der Waals surface area contributed by atoms with Crippen molar-refractivity contribution in [2.24, 2.45) is 0 Å². The van der Waals surface area contributed by atoms with Crippen molar-refractivity contribution in [3.05, 3.63) is 35.4 Å². The maximum atomic E-state index is 10.9. The molecule has 1 aromatic rings. The first-order valence-corrected chi connectivity index (χ1v) is 5.25. The number of aliphatic carboxylic acids is 1. The summed E-state index contributed by atoms with van der Waals surface area (Å²) in [5.74, 6) is -0.795. The summed E-state index contributed by atoms with van der Waals surface area (Å²) in [4.78, 5) is 10.9. The molecule has 84 valence electrons. The topological polar surface area (TPSA) is 37.3 Å². The maximum absolute atomic E-state index is 10.9. The Morgan fingerprint density at radius 2 is 1.53 bits per heavy atom. The summed E-state index contributed by atoms with van der Waals surface area (Å²) in [6.07, 6.45) is 0. The molecular formula is C13H20O2. The van der Waals surface area contributed by atoms with Crippen molar-refractivity contribution in [2.45, 2.75) is 40.0 Å². The summed E-state index contributed by atoms with van der Waals surface area (Å²) >= 11 is 0. The molecule has 0 amide bonds. The second-order valence-electron chi connectivity index (χ2n) is 3.80. The number of benzene rings is 1. The lowest BCUT2D eigenvalue weighted by Gasteiger charge is -2.19. The molecule has 0 saturated carbocycles. The number of aryl methyl sites for hydroxylation is 1. The zero-order valence-electron chi connectivity index (χ0n) is 10.2. The van der Waals surface area contributed by atoms with E-state index in [-0.39, 0.29) is 0 Å². The van der Waals surface area contributed by atoms with E-state index in [1.807, 2.05) is 45.0 Å². The monoisotopic (exact) mass is 208 g/mol. The highest BCUT2D eigenvalue weighted by Crippen LogP contribution is 2.23. The predicted molar refractivity (Wildman–Crippen MR) is 63.2 cm³/mol. The highest BCUT2D eigenvalue weighted by molar-refractivity contribution is 5.80. The Bertz CT molecular complexity index is 310. The number of hydrogen-bond donors (Lipinski definition) is 1. The molecule has 0 aromatic heterocycles. The fraction of sp³-hybridized carbons (Fsp3) is 0.462. The van der Waals surface area contributed by atoms with Crippen LogP contribution in [0.2, 0.25) is 0 Å². The third-order valence-electron chi connectivity index (χ3n) is 2.31. The van der Waals surface area contributed by atoms with Crippen LogP contribution in [-0.2, 0) is 10.2 Å². The van der Waals surface area contributed by atoms with Gasteiger partial charge in [0.2, 0.25) is 0 Å². The Labute approximate surface area is 91.9 Å². The third kappa shape index (κ3) is 3.39. The standard InChI is InChI=1S/C11H14O2.C2H6/c1-8-4-6-9(7-5-8)11(2,3)10(12)13;1-2/h4-7H,1-3H3,(H,12,13);1-2H3. The minimum absolute atomic E-state index is 0.795. The van der Waals surface area contributed by atoms with Gasteiger partial charge in [0, 0.05) is 0 Å². The Morgan fingerprint density at radius 1 is 1.13 bits per heavy atom. The molecule has 0 bridgehead atoms. The summed E-state index contributed by atoms with van der Waals surface area (Å²) in [5, 5.41) is 8.96. The van der Waals surface area contributed by atoms with E-state index in [9.17, 15) is 4.79 Å². The molecule has 2 heteroatoms. The van der Waals surface area contributed by atoms with Crippen LogP contribution in [0.1, 0.15) is 38.8 Å². The van der Waals surface area contributed by atoms with E-state index in [0.717, 1.165) is 11.1 Å². The Hall–Kier alpha value is -1.31. The van der Waals surface area contributed by atoms with Crippen LogP contribution in [0.3, 0.4) is 0 Å². The first-order chi connectivity index (χ1) is 6.94. The van der Waals surface area contributed by atoms with Crippen LogP contribution >= 0.6 is 0 Å². The summed E-state index contributed by atoms with van der Waals surface area (Å²) in [7, 11) is 0. The minimum atomic E-state index is -0.798. The number of carbonyl (C=O) groups is 1. The van der Waals surface area contributed by atoms with Gasteiger partial charge in [-0.25, -0.2) is 0 Å². The Morgan fingerprint density at radius 3 is 1.87 bits per heavy atom. The van der Waals surface area contributed by atoms with Gasteiger partial charge in [0.25, 0.3) is 0 Å². The van der Waals surface area contributed by atoms with Crippen LogP contribution in [0.4, 0.5) is 0 Å². The Balaban J connectivity index is 0.000000921. The van der Waals surface area contributed by atoms with Gasteiger partial charge in [-0.05, 0) is 26.3 Å². The molecule has 15 heavy (non-hydrogen) atoms. The number of hydrogen-bond acceptors (Lipinski definition) is 1. The van der Waals surface area contributed by atoms with E-state index in [2.05, 4.69) is 0 Å². The quantitative estimate of drug-likeness (QED) is 0.809. The maximum Gasteiger partial charge on any atom is 0.313 e.